The van der Waals surface area contributed by atoms with Crippen molar-refractivity contribution in [3.05, 3.63) is 35.6 Å². The van der Waals surface area contributed by atoms with Crippen molar-refractivity contribution in [2.75, 3.05) is 7.05 Å². The third-order valence-electron chi connectivity index (χ3n) is 2.07. The second kappa shape index (κ2) is 3.38. The molecule has 1 N–H and O–H groups in total. The predicted molar refractivity (Wildman–Crippen MR) is 48.9 cm³/mol. The highest BCUT2D eigenvalue weighted by molar-refractivity contribution is 5.82. The average molecular weight is 197 g/mol. The molecule has 74 valence electrons. The van der Waals surface area contributed by atoms with Gasteiger partial charge in [-0.05, 0) is 19.2 Å². The van der Waals surface area contributed by atoms with Crippen LogP contribution in [0.15, 0.2) is 22.8 Å². The lowest BCUT2D eigenvalue weighted by molar-refractivity contribution is 0.553. The first kappa shape index (κ1) is 9.15. The van der Waals surface area contributed by atoms with Gasteiger partial charge in [-0.25, -0.2) is 8.78 Å². The molecule has 2 aromatic rings. The summed E-state index contributed by atoms with van der Waals surface area (Å²) in [4.78, 5) is 0. The molecule has 2 rings (SSSR count). The zero-order valence-electron chi connectivity index (χ0n) is 7.60. The van der Waals surface area contributed by atoms with E-state index in [1.165, 1.54) is 6.26 Å². The van der Waals surface area contributed by atoms with E-state index in [4.69, 9.17) is 4.42 Å². The molecule has 0 unspecified atom stereocenters. The summed E-state index contributed by atoms with van der Waals surface area (Å²) in [5.74, 6) is -0.996. The maximum atomic E-state index is 13.3. The first-order chi connectivity index (χ1) is 6.74. The number of rotatable bonds is 2. The summed E-state index contributed by atoms with van der Waals surface area (Å²) in [6, 6.07) is 2.16. The molecule has 0 amide bonds. The highest BCUT2D eigenvalue weighted by Crippen LogP contribution is 2.26. The molecule has 0 fully saturated rings. The van der Waals surface area contributed by atoms with Crippen molar-refractivity contribution < 1.29 is 13.2 Å². The summed E-state index contributed by atoms with van der Waals surface area (Å²) in [5.41, 5.74) is 0.606. The van der Waals surface area contributed by atoms with E-state index in [2.05, 4.69) is 5.32 Å². The third kappa shape index (κ3) is 1.28. The van der Waals surface area contributed by atoms with Gasteiger partial charge in [0.15, 0.2) is 11.4 Å². The molecule has 0 bridgehead atoms. The van der Waals surface area contributed by atoms with Crippen LogP contribution in [-0.4, -0.2) is 7.05 Å². The monoisotopic (exact) mass is 197 g/mol. The van der Waals surface area contributed by atoms with Crippen LogP contribution in [0, 0.1) is 11.6 Å². The number of halogens is 2. The second-order valence-corrected chi connectivity index (χ2v) is 3.02. The van der Waals surface area contributed by atoms with Gasteiger partial charge in [0, 0.05) is 12.1 Å². The number of hydrogen-bond acceptors (Lipinski definition) is 2. The van der Waals surface area contributed by atoms with Gasteiger partial charge in [0.1, 0.15) is 5.82 Å². The van der Waals surface area contributed by atoms with Crippen molar-refractivity contribution in [3.8, 4) is 0 Å². The van der Waals surface area contributed by atoms with Gasteiger partial charge in [0.25, 0.3) is 0 Å². The molecule has 1 heterocycles. The van der Waals surface area contributed by atoms with Crippen LogP contribution in [0.1, 0.15) is 5.56 Å². The lowest BCUT2D eigenvalue weighted by Gasteiger charge is -1.97. The topological polar surface area (TPSA) is 25.2 Å². The van der Waals surface area contributed by atoms with Crippen LogP contribution in [-0.2, 0) is 6.54 Å². The summed E-state index contributed by atoms with van der Waals surface area (Å²) in [5, 5.41) is 3.08. The summed E-state index contributed by atoms with van der Waals surface area (Å²) in [6.45, 7) is 0.452. The number of fused-ring (bicyclic) bond motifs is 1. The molecule has 2 nitrogen and oxygen atoms in total. The molecule has 0 atom stereocenters. The van der Waals surface area contributed by atoms with Crippen molar-refractivity contribution in [1.29, 1.82) is 0 Å². The summed E-state index contributed by atoms with van der Waals surface area (Å²) < 4.78 is 31.4. The molecular formula is C10H9F2NO. The van der Waals surface area contributed by atoms with Crippen LogP contribution < -0.4 is 5.32 Å². The molecule has 1 aromatic carbocycles. The Labute approximate surface area is 79.5 Å². The molecule has 0 saturated heterocycles. The SMILES string of the molecule is CNCc1coc2c(F)ccc(F)c12. The Bertz CT molecular complexity index is 464. The smallest absolute Gasteiger partial charge is 0.172 e. The summed E-state index contributed by atoms with van der Waals surface area (Å²) in [7, 11) is 1.73. The molecular weight excluding hydrogens is 188 g/mol. The zero-order valence-corrected chi connectivity index (χ0v) is 7.60. The molecule has 0 aliphatic carbocycles. The minimum absolute atomic E-state index is 0.0183. The van der Waals surface area contributed by atoms with E-state index in [-0.39, 0.29) is 11.0 Å². The molecule has 14 heavy (non-hydrogen) atoms. The number of hydrogen-bond donors (Lipinski definition) is 1. The molecule has 0 radical (unpaired) electrons. The molecule has 4 heteroatoms. The van der Waals surface area contributed by atoms with Crippen molar-refractivity contribution in [3.63, 3.8) is 0 Å². The van der Waals surface area contributed by atoms with Crippen LogP contribution in [0.3, 0.4) is 0 Å². The molecule has 0 aliphatic heterocycles. The van der Waals surface area contributed by atoms with Gasteiger partial charge < -0.3 is 9.73 Å². The van der Waals surface area contributed by atoms with Gasteiger partial charge in [0.05, 0.1) is 11.6 Å². The van der Waals surface area contributed by atoms with E-state index in [9.17, 15) is 8.78 Å². The van der Waals surface area contributed by atoms with Crippen LogP contribution in [0.25, 0.3) is 11.0 Å². The fourth-order valence-electron chi connectivity index (χ4n) is 1.46. The van der Waals surface area contributed by atoms with Crippen molar-refractivity contribution >= 4 is 11.0 Å². The predicted octanol–water partition coefficient (Wildman–Crippen LogP) is 2.43. The highest BCUT2D eigenvalue weighted by Gasteiger charge is 2.13. The van der Waals surface area contributed by atoms with Gasteiger partial charge in [0.2, 0.25) is 0 Å². The maximum Gasteiger partial charge on any atom is 0.172 e. The van der Waals surface area contributed by atoms with Gasteiger partial charge in [-0.3, -0.25) is 0 Å². The minimum Gasteiger partial charge on any atom is -0.461 e. The molecule has 0 aliphatic rings. The Kier molecular flexibility index (Phi) is 2.21. The number of furan rings is 1. The Morgan fingerprint density at radius 3 is 2.71 bits per heavy atom. The average Bonchev–Trinajstić information content (AvgIpc) is 2.58. The summed E-state index contributed by atoms with van der Waals surface area (Å²) >= 11 is 0. The normalized spacial score (nSPS) is 11.1. The summed E-state index contributed by atoms with van der Waals surface area (Å²) in [6.07, 6.45) is 1.37. The standard InChI is InChI=1S/C10H9F2NO/c1-13-4-6-5-14-10-8(12)3-2-7(11)9(6)10/h2-3,5,13H,4H2,1H3. The third-order valence-corrected chi connectivity index (χ3v) is 2.07. The number of nitrogens with one attached hydrogen (secondary N) is 1. The van der Waals surface area contributed by atoms with E-state index in [0.717, 1.165) is 12.1 Å². The lowest BCUT2D eigenvalue weighted by Crippen LogP contribution is -2.04. The first-order valence-corrected chi connectivity index (χ1v) is 4.22. The fourth-order valence-corrected chi connectivity index (χ4v) is 1.46. The Balaban J connectivity index is 2.70. The lowest BCUT2D eigenvalue weighted by atomic mass is 10.1. The Hall–Kier alpha value is -1.42. The van der Waals surface area contributed by atoms with Crippen molar-refractivity contribution in [2.24, 2.45) is 0 Å². The highest BCUT2D eigenvalue weighted by atomic mass is 19.1. The van der Waals surface area contributed by atoms with Crippen molar-refractivity contribution in [1.82, 2.24) is 5.32 Å². The van der Waals surface area contributed by atoms with Crippen LogP contribution in [0.2, 0.25) is 0 Å². The Morgan fingerprint density at radius 2 is 2.00 bits per heavy atom. The van der Waals surface area contributed by atoms with Crippen LogP contribution in [0.5, 0.6) is 0 Å². The molecule has 0 saturated carbocycles. The molecule has 0 spiro atoms. The van der Waals surface area contributed by atoms with Gasteiger partial charge in [-0.1, -0.05) is 0 Å². The van der Waals surface area contributed by atoms with E-state index >= 15 is 0 Å². The minimum atomic E-state index is -0.538. The van der Waals surface area contributed by atoms with Crippen molar-refractivity contribution in [2.45, 2.75) is 6.54 Å². The van der Waals surface area contributed by atoms with Gasteiger partial charge >= 0.3 is 0 Å². The number of benzene rings is 1. The van der Waals surface area contributed by atoms with E-state index in [1.807, 2.05) is 0 Å². The first-order valence-electron chi connectivity index (χ1n) is 4.22. The van der Waals surface area contributed by atoms with E-state index in [1.54, 1.807) is 7.05 Å². The Morgan fingerprint density at radius 1 is 1.29 bits per heavy atom. The van der Waals surface area contributed by atoms with Crippen LogP contribution in [0.4, 0.5) is 8.78 Å². The zero-order chi connectivity index (χ0) is 10.1. The van der Waals surface area contributed by atoms with Crippen LogP contribution >= 0.6 is 0 Å². The van der Waals surface area contributed by atoms with Gasteiger partial charge in [-0.15, -0.1) is 0 Å². The fraction of sp³-hybridized carbons (Fsp3) is 0.200. The second-order valence-electron chi connectivity index (χ2n) is 3.02. The largest absolute Gasteiger partial charge is 0.461 e. The maximum absolute atomic E-state index is 13.3. The van der Waals surface area contributed by atoms with Gasteiger partial charge in [-0.2, -0.15) is 0 Å². The quantitative estimate of drug-likeness (QED) is 0.799. The van der Waals surface area contributed by atoms with E-state index in [0.29, 0.717) is 12.1 Å². The van der Waals surface area contributed by atoms with E-state index < -0.39 is 11.6 Å². The molecule has 1 aromatic heterocycles.